The number of nitrogens with zero attached hydrogens (tertiary/aromatic N) is 3. The van der Waals surface area contributed by atoms with Crippen LogP contribution in [0.15, 0.2) is 12.3 Å². The van der Waals surface area contributed by atoms with E-state index >= 15 is 0 Å². The first-order valence-electron chi connectivity index (χ1n) is 5.25. The highest BCUT2D eigenvalue weighted by Crippen LogP contribution is 2.11. The van der Waals surface area contributed by atoms with Gasteiger partial charge in [0.1, 0.15) is 18.2 Å². The van der Waals surface area contributed by atoms with Crippen molar-refractivity contribution in [1.29, 1.82) is 0 Å². The van der Waals surface area contributed by atoms with E-state index in [0.29, 0.717) is 24.1 Å². The van der Waals surface area contributed by atoms with Gasteiger partial charge in [-0.2, -0.15) is 0 Å². The van der Waals surface area contributed by atoms with E-state index in [1.54, 1.807) is 24.1 Å². The van der Waals surface area contributed by atoms with Crippen LogP contribution in [0, 0.1) is 12.8 Å². The van der Waals surface area contributed by atoms with Gasteiger partial charge in [0.15, 0.2) is 0 Å². The van der Waals surface area contributed by atoms with Crippen molar-refractivity contribution in [2.75, 3.05) is 18.0 Å². The van der Waals surface area contributed by atoms with Gasteiger partial charge in [0.25, 0.3) is 0 Å². The van der Waals surface area contributed by atoms with Crippen molar-refractivity contribution >= 4 is 11.8 Å². The third-order valence-corrected chi connectivity index (χ3v) is 2.00. The summed E-state index contributed by atoms with van der Waals surface area (Å²) in [5, 5.41) is 8.84. The lowest BCUT2D eigenvalue weighted by Crippen LogP contribution is -2.33. The molecule has 1 aromatic rings. The summed E-state index contributed by atoms with van der Waals surface area (Å²) in [6.45, 7) is 6.51. The number of hydrogen-bond acceptors (Lipinski definition) is 4. The fourth-order valence-corrected chi connectivity index (χ4v) is 1.46. The van der Waals surface area contributed by atoms with Gasteiger partial charge in [-0.25, -0.2) is 9.97 Å². The summed E-state index contributed by atoms with van der Waals surface area (Å²) >= 11 is 0. The van der Waals surface area contributed by atoms with Gasteiger partial charge >= 0.3 is 5.97 Å². The quantitative estimate of drug-likeness (QED) is 0.815. The minimum absolute atomic E-state index is 0.0331. The van der Waals surface area contributed by atoms with E-state index in [9.17, 15) is 4.79 Å². The maximum atomic E-state index is 10.8. The van der Waals surface area contributed by atoms with Crippen LogP contribution in [0.2, 0.25) is 0 Å². The number of anilines is 1. The van der Waals surface area contributed by atoms with Crippen LogP contribution in [-0.2, 0) is 4.79 Å². The van der Waals surface area contributed by atoms with Crippen molar-refractivity contribution in [2.45, 2.75) is 20.8 Å². The number of carboxylic acid groups (broad SMARTS) is 1. The third kappa shape index (κ3) is 3.84. The van der Waals surface area contributed by atoms with Crippen LogP contribution < -0.4 is 4.90 Å². The Morgan fingerprint density at radius 3 is 2.75 bits per heavy atom. The highest BCUT2D eigenvalue weighted by molar-refractivity contribution is 5.73. The molecule has 0 amide bonds. The summed E-state index contributed by atoms with van der Waals surface area (Å²) in [5.74, 6) is 0.854. The Labute approximate surface area is 95.1 Å². The Kier molecular flexibility index (Phi) is 4.22. The van der Waals surface area contributed by atoms with E-state index in [0.717, 1.165) is 0 Å². The predicted molar refractivity (Wildman–Crippen MR) is 61.5 cm³/mol. The Hall–Kier alpha value is -1.65. The molecule has 1 aromatic heterocycles. The van der Waals surface area contributed by atoms with Crippen molar-refractivity contribution in [3.63, 3.8) is 0 Å². The fraction of sp³-hybridized carbons (Fsp3) is 0.545. The second-order valence-electron chi connectivity index (χ2n) is 4.13. The standard InChI is InChI=1S/C11H17N3O2/c1-8(2)6-14(7-11(15)16)10-4-5-12-9(3)13-10/h4-5,8H,6-7H2,1-3H3,(H,15,16). The van der Waals surface area contributed by atoms with Crippen LogP contribution in [0.25, 0.3) is 0 Å². The van der Waals surface area contributed by atoms with Crippen molar-refractivity contribution in [2.24, 2.45) is 5.92 Å². The second-order valence-corrected chi connectivity index (χ2v) is 4.13. The van der Waals surface area contributed by atoms with E-state index in [2.05, 4.69) is 9.97 Å². The number of aryl methyl sites for hydroxylation is 1. The van der Waals surface area contributed by atoms with Crippen LogP contribution in [-0.4, -0.2) is 34.1 Å². The summed E-state index contributed by atoms with van der Waals surface area (Å²) in [5.41, 5.74) is 0. The molecule has 1 rings (SSSR count). The summed E-state index contributed by atoms with van der Waals surface area (Å²) in [4.78, 5) is 20.7. The average Bonchev–Trinajstić information content (AvgIpc) is 2.15. The minimum atomic E-state index is -0.850. The second kappa shape index (κ2) is 5.44. The molecule has 0 radical (unpaired) electrons. The molecular formula is C11H17N3O2. The van der Waals surface area contributed by atoms with Crippen LogP contribution in [0.1, 0.15) is 19.7 Å². The van der Waals surface area contributed by atoms with E-state index in [4.69, 9.17) is 5.11 Å². The topological polar surface area (TPSA) is 66.3 Å². The summed E-state index contributed by atoms with van der Waals surface area (Å²) in [6, 6.07) is 1.73. The summed E-state index contributed by atoms with van der Waals surface area (Å²) in [7, 11) is 0. The zero-order chi connectivity index (χ0) is 12.1. The maximum absolute atomic E-state index is 10.8. The van der Waals surface area contributed by atoms with Gasteiger partial charge in [-0.05, 0) is 18.9 Å². The van der Waals surface area contributed by atoms with Gasteiger partial charge < -0.3 is 10.0 Å². The number of carbonyl (C=O) groups is 1. The first-order chi connectivity index (χ1) is 7.49. The lowest BCUT2D eigenvalue weighted by molar-refractivity contribution is -0.135. The molecule has 0 saturated heterocycles. The van der Waals surface area contributed by atoms with Gasteiger partial charge in [-0.1, -0.05) is 13.8 Å². The van der Waals surface area contributed by atoms with Crippen molar-refractivity contribution in [3.8, 4) is 0 Å². The van der Waals surface area contributed by atoms with Crippen LogP contribution in [0.4, 0.5) is 5.82 Å². The van der Waals surface area contributed by atoms with Gasteiger partial charge in [-0.3, -0.25) is 4.79 Å². The minimum Gasteiger partial charge on any atom is -0.480 e. The zero-order valence-corrected chi connectivity index (χ0v) is 9.84. The zero-order valence-electron chi connectivity index (χ0n) is 9.84. The van der Waals surface area contributed by atoms with E-state index in [-0.39, 0.29) is 6.54 Å². The number of hydrogen-bond donors (Lipinski definition) is 1. The largest absolute Gasteiger partial charge is 0.480 e. The summed E-state index contributed by atoms with van der Waals surface area (Å²) < 4.78 is 0. The van der Waals surface area contributed by atoms with Crippen molar-refractivity contribution in [1.82, 2.24) is 9.97 Å². The molecule has 5 heteroatoms. The van der Waals surface area contributed by atoms with E-state index in [1.807, 2.05) is 13.8 Å². The molecule has 0 atom stereocenters. The fourth-order valence-electron chi connectivity index (χ4n) is 1.46. The molecule has 0 unspecified atom stereocenters. The van der Waals surface area contributed by atoms with E-state index in [1.165, 1.54) is 0 Å². The molecule has 0 aliphatic rings. The predicted octanol–water partition coefficient (Wildman–Crippen LogP) is 1.33. The molecule has 5 nitrogen and oxygen atoms in total. The Morgan fingerprint density at radius 1 is 1.56 bits per heavy atom. The Balaban J connectivity index is 2.86. The lowest BCUT2D eigenvalue weighted by Gasteiger charge is -2.23. The van der Waals surface area contributed by atoms with Crippen molar-refractivity contribution < 1.29 is 9.90 Å². The number of aliphatic carboxylic acids is 1. The molecule has 0 aliphatic heterocycles. The smallest absolute Gasteiger partial charge is 0.323 e. The summed E-state index contributed by atoms with van der Waals surface area (Å²) in [6.07, 6.45) is 1.65. The Morgan fingerprint density at radius 2 is 2.25 bits per heavy atom. The highest BCUT2D eigenvalue weighted by Gasteiger charge is 2.13. The first-order valence-corrected chi connectivity index (χ1v) is 5.25. The van der Waals surface area contributed by atoms with Gasteiger partial charge in [0.05, 0.1) is 0 Å². The number of rotatable bonds is 5. The molecule has 1 N–H and O–H groups in total. The van der Waals surface area contributed by atoms with Gasteiger partial charge in [-0.15, -0.1) is 0 Å². The molecule has 0 spiro atoms. The number of aromatic nitrogens is 2. The molecule has 0 fully saturated rings. The molecule has 16 heavy (non-hydrogen) atoms. The van der Waals surface area contributed by atoms with Crippen molar-refractivity contribution in [3.05, 3.63) is 18.1 Å². The molecule has 0 aromatic carbocycles. The Bertz CT molecular complexity index is 366. The highest BCUT2D eigenvalue weighted by atomic mass is 16.4. The molecule has 0 bridgehead atoms. The van der Waals surface area contributed by atoms with Gasteiger partial charge in [0, 0.05) is 12.7 Å². The third-order valence-electron chi connectivity index (χ3n) is 2.00. The molecular weight excluding hydrogens is 206 g/mol. The van der Waals surface area contributed by atoms with Crippen LogP contribution in [0.3, 0.4) is 0 Å². The average molecular weight is 223 g/mol. The molecule has 1 heterocycles. The molecule has 88 valence electrons. The SMILES string of the molecule is Cc1nccc(N(CC(=O)O)CC(C)C)n1. The maximum Gasteiger partial charge on any atom is 0.323 e. The molecule has 0 aliphatic carbocycles. The number of carboxylic acids is 1. The normalized spacial score (nSPS) is 10.5. The van der Waals surface area contributed by atoms with E-state index < -0.39 is 5.97 Å². The first kappa shape index (κ1) is 12.4. The lowest BCUT2D eigenvalue weighted by atomic mass is 10.2. The van der Waals surface area contributed by atoms with Crippen LogP contribution >= 0.6 is 0 Å². The monoisotopic (exact) mass is 223 g/mol. The molecule has 0 saturated carbocycles. The van der Waals surface area contributed by atoms with Crippen LogP contribution in [0.5, 0.6) is 0 Å². The van der Waals surface area contributed by atoms with Gasteiger partial charge in [0.2, 0.25) is 0 Å².